The van der Waals surface area contributed by atoms with Gasteiger partial charge < -0.3 is 10.4 Å². The van der Waals surface area contributed by atoms with E-state index in [9.17, 15) is 9.90 Å². The van der Waals surface area contributed by atoms with Crippen molar-refractivity contribution in [3.05, 3.63) is 35.9 Å². The minimum Gasteiger partial charge on any atom is -0.392 e. The number of aliphatic hydroxyl groups is 1. The summed E-state index contributed by atoms with van der Waals surface area (Å²) in [5.74, 6) is 0.0495. The van der Waals surface area contributed by atoms with Gasteiger partial charge in [-0.25, -0.2) is 0 Å². The Hall–Kier alpha value is -1.35. The Balaban J connectivity index is 2.76. The highest BCUT2D eigenvalue weighted by Gasteiger charge is 2.23. The van der Waals surface area contributed by atoms with Crippen LogP contribution >= 0.6 is 0 Å². The van der Waals surface area contributed by atoms with Crippen LogP contribution in [0.1, 0.15) is 32.3 Å². The summed E-state index contributed by atoms with van der Waals surface area (Å²) in [5, 5.41) is 12.0. The summed E-state index contributed by atoms with van der Waals surface area (Å²) in [5.41, 5.74) is 1.02. The van der Waals surface area contributed by atoms with Crippen molar-refractivity contribution in [2.45, 2.75) is 32.8 Å². The first-order valence-electron chi connectivity index (χ1n) is 6.03. The van der Waals surface area contributed by atoms with E-state index in [0.717, 1.165) is 5.56 Å². The van der Waals surface area contributed by atoms with Gasteiger partial charge in [0.15, 0.2) is 0 Å². The van der Waals surface area contributed by atoms with Gasteiger partial charge in [0, 0.05) is 6.54 Å². The molecule has 0 aliphatic heterocycles. The average Bonchev–Trinajstić information content (AvgIpc) is 2.27. The van der Waals surface area contributed by atoms with Gasteiger partial charge in [0.2, 0.25) is 5.91 Å². The molecule has 0 aliphatic rings. The van der Waals surface area contributed by atoms with E-state index in [4.69, 9.17) is 0 Å². The van der Waals surface area contributed by atoms with Gasteiger partial charge in [-0.15, -0.1) is 0 Å². The molecule has 0 aromatic heterocycles. The van der Waals surface area contributed by atoms with Gasteiger partial charge in [-0.1, -0.05) is 44.2 Å². The van der Waals surface area contributed by atoms with Crippen molar-refractivity contribution in [3.8, 4) is 0 Å². The Morgan fingerprint density at radius 2 is 1.82 bits per heavy atom. The van der Waals surface area contributed by atoms with Crippen LogP contribution in [0.5, 0.6) is 0 Å². The van der Waals surface area contributed by atoms with Crippen LogP contribution in [0.3, 0.4) is 0 Å². The molecule has 0 saturated heterocycles. The van der Waals surface area contributed by atoms with E-state index in [1.54, 1.807) is 6.92 Å². The molecule has 2 unspecified atom stereocenters. The molecule has 1 amide bonds. The molecule has 2 N–H and O–H groups in total. The molecular formula is C14H21NO2. The van der Waals surface area contributed by atoms with Crippen molar-refractivity contribution in [2.24, 2.45) is 5.92 Å². The summed E-state index contributed by atoms with van der Waals surface area (Å²) in [7, 11) is 0. The molecule has 1 aromatic carbocycles. The quantitative estimate of drug-likeness (QED) is 0.819. The van der Waals surface area contributed by atoms with E-state index in [1.165, 1.54) is 0 Å². The van der Waals surface area contributed by atoms with E-state index in [1.807, 2.05) is 44.2 Å². The summed E-state index contributed by atoms with van der Waals surface area (Å²) >= 11 is 0. The normalized spacial score (nSPS) is 14.4. The van der Waals surface area contributed by atoms with Crippen LogP contribution in [-0.4, -0.2) is 23.7 Å². The Morgan fingerprint density at radius 3 is 2.29 bits per heavy atom. The van der Waals surface area contributed by atoms with Gasteiger partial charge in [-0.2, -0.15) is 0 Å². The van der Waals surface area contributed by atoms with Crippen LogP contribution in [-0.2, 0) is 4.79 Å². The van der Waals surface area contributed by atoms with Crippen molar-refractivity contribution in [1.29, 1.82) is 0 Å². The van der Waals surface area contributed by atoms with Crippen LogP contribution < -0.4 is 5.32 Å². The zero-order valence-corrected chi connectivity index (χ0v) is 10.7. The van der Waals surface area contributed by atoms with Crippen LogP contribution in [0.2, 0.25) is 0 Å². The van der Waals surface area contributed by atoms with Crippen molar-refractivity contribution in [1.82, 2.24) is 5.32 Å². The molecule has 0 fully saturated rings. The fourth-order valence-corrected chi connectivity index (χ4v) is 1.86. The summed E-state index contributed by atoms with van der Waals surface area (Å²) in [4.78, 5) is 12.1. The fourth-order valence-electron chi connectivity index (χ4n) is 1.86. The molecular weight excluding hydrogens is 214 g/mol. The number of carbonyl (C=O) groups is 1. The standard InChI is InChI=1S/C14H21NO2/c1-10(2)13(12-7-5-4-6-8-12)14(17)15-9-11(3)16/h4-8,10-11,13,16H,9H2,1-3H3,(H,15,17). The third kappa shape index (κ3) is 4.19. The Morgan fingerprint density at radius 1 is 1.24 bits per heavy atom. The lowest BCUT2D eigenvalue weighted by Crippen LogP contribution is -2.36. The summed E-state index contributed by atoms with van der Waals surface area (Å²) in [6, 6.07) is 9.74. The highest BCUT2D eigenvalue weighted by atomic mass is 16.3. The second-order valence-electron chi connectivity index (χ2n) is 4.73. The molecule has 3 heteroatoms. The first kappa shape index (κ1) is 13.7. The Labute approximate surface area is 103 Å². The third-order valence-electron chi connectivity index (χ3n) is 2.68. The number of carbonyl (C=O) groups excluding carboxylic acids is 1. The van der Waals surface area contributed by atoms with Gasteiger partial charge in [0.05, 0.1) is 12.0 Å². The number of rotatable bonds is 5. The zero-order valence-electron chi connectivity index (χ0n) is 10.7. The second kappa shape index (κ2) is 6.40. The molecule has 0 aliphatic carbocycles. The highest BCUT2D eigenvalue weighted by Crippen LogP contribution is 2.24. The SMILES string of the molecule is CC(O)CNC(=O)C(c1ccccc1)C(C)C. The Kier molecular flexibility index (Phi) is 5.16. The summed E-state index contributed by atoms with van der Waals surface area (Å²) in [6.07, 6.45) is -0.512. The maximum atomic E-state index is 12.1. The molecule has 0 heterocycles. The molecule has 1 rings (SSSR count). The molecule has 2 atom stereocenters. The molecule has 3 nitrogen and oxygen atoms in total. The lowest BCUT2D eigenvalue weighted by atomic mass is 9.87. The number of aliphatic hydroxyl groups excluding tert-OH is 1. The van der Waals surface area contributed by atoms with Gasteiger partial charge in [-0.3, -0.25) is 4.79 Å². The number of benzene rings is 1. The molecule has 0 bridgehead atoms. The van der Waals surface area contributed by atoms with E-state index < -0.39 is 6.10 Å². The number of nitrogens with one attached hydrogen (secondary N) is 1. The number of amides is 1. The van der Waals surface area contributed by atoms with Crippen LogP contribution in [0.15, 0.2) is 30.3 Å². The summed E-state index contributed by atoms with van der Waals surface area (Å²) in [6.45, 7) is 6.02. The minimum atomic E-state index is -0.512. The van der Waals surface area contributed by atoms with Crippen molar-refractivity contribution >= 4 is 5.91 Å². The monoisotopic (exact) mass is 235 g/mol. The van der Waals surface area contributed by atoms with Gasteiger partial charge in [0.25, 0.3) is 0 Å². The fraction of sp³-hybridized carbons (Fsp3) is 0.500. The first-order valence-corrected chi connectivity index (χ1v) is 6.03. The smallest absolute Gasteiger partial charge is 0.227 e. The number of hydrogen-bond acceptors (Lipinski definition) is 2. The first-order chi connectivity index (χ1) is 8.02. The molecule has 0 saturated carbocycles. The van der Waals surface area contributed by atoms with Crippen LogP contribution in [0, 0.1) is 5.92 Å². The molecule has 94 valence electrons. The number of hydrogen-bond donors (Lipinski definition) is 2. The van der Waals surface area contributed by atoms with E-state index in [-0.39, 0.29) is 17.7 Å². The second-order valence-corrected chi connectivity index (χ2v) is 4.73. The average molecular weight is 235 g/mol. The predicted molar refractivity (Wildman–Crippen MR) is 68.7 cm³/mol. The largest absolute Gasteiger partial charge is 0.392 e. The maximum Gasteiger partial charge on any atom is 0.227 e. The molecule has 0 radical (unpaired) electrons. The van der Waals surface area contributed by atoms with Crippen molar-refractivity contribution in [3.63, 3.8) is 0 Å². The van der Waals surface area contributed by atoms with E-state index in [2.05, 4.69) is 5.32 Å². The lowest BCUT2D eigenvalue weighted by Gasteiger charge is -2.21. The topological polar surface area (TPSA) is 49.3 Å². The zero-order chi connectivity index (χ0) is 12.8. The van der Waals surface area contributed by atoms with Crippen molar-refractivity contribution in [2.75, 3.05) is 6.54 Å². The third-order valence-corrected chi connectivity index (χ3v) is 2.68. The van der Waals surface area contributed by atoms with Gasteiger partial charge >= 0.3 is 0 Å². The van der Waals surface area contributed by atoms with Crippen molar-refractivity contribution < 1.29 is 9.90 Å². The molecule has 0 spiro atoms. The molecule has 1 aromatic rings. The van der Waals surface area contributed by atoms with E-state index >= 15 is 0 Å². The lowest BCUT2D eigenvalue weighted by molar-refractivity contribution is -0.123. The van der Waals surface area contributed by atoms with Crippen LogP contribution in [0.25, 0.3) is 0 Å². The highest BCUT2D eigenvalue weighted by molar-refractivity contribution is 5.83. The maximum absolute atomic E-state index is 12.1. The minimum absolute atomic E-state index is 0.0212. The van der Waals surface area contributed by atoms with Gasteiger partial charge in [0.1, 0.15) is 0 Å². The van der Waals surface area contributed by atoms with Gasteiger partial charge in [-0.05, 0) is 18.4 Å². The summed E-state index contributed by atoms with van der Waals surface area (Å²) < 4.78 is 0. The van der Waals surface area contributed by atoms with E-state index in [0.29, 0.717) is 6.54 Å². The Bertz CT molecular complexity index is 346. The van der Waals surface area contributed by atoms with Crippen LogP contribution in [0.4, 0.5) is 0 Å². The predicted octanol–water partition coefficient (Wildman–Crippen LogP) is 1.92. The molecule has 17 heavy (non-hydrogen) atoms.